The second-order valence-corrected chi connectivity index (χ2v) is 4.76. The van der Waals surface area contributed by atoms with Crippen molar-refractivity contribution in [2.45, 2.75) is 6.54 Å². The number of nitrogens with one attached hydrogen (secondary N) is 1. The van der Waals surface area contributed by atoms with Crippen LogP contribution in [0.5, 0.6) is 5.75 Å². The van der Waals surface area contributed by atoms with Crippen LogP contribution in [-0.2, 0) is 6.54 Å². The minimum absolute atomic E-state index is 0.0179. The van der Waals surface area contributed by atoms with E-state index in [0.29, 0.717) is 5.75 Å². The summed E-state index contributed by atoms with van der Waals surface area (Å²) in [6.07, 6.45) is 0. The Hall–Kier alpha value is -1.62. The van der Waals surface area contributed by atoms with Crippen LogP contribution in [-0.4, -0.2) is 7.11 Å². The molecule has 19 heavy (non-hydrogen) atoms. The average Bonchev–Trinajstić information content (AvgIpc) is 2.40. The van der Waals surface area contributed by atoms with E-state index in [4.69, 9.17) is 4.74 Å². The maximum atomic E-state index is 13.5. The lowest BCUT2D eigenvalue weighted by atomic mass is 10.2. The fraction of sp³-hybridized carbons (Fsp3) is 0.143. The summed E-state index contributed by atoms with van der Waals surface area (Å²) in [6.45, 7) is 0.0727. The third-order valence-corrected chi connectivity index (χ3v) is 3.34. The summed E-state index contributed by atoms with van der Waals surface area (Å²) < 4.78 is 32.9. The molecule has 5 heteroatoms. The minimum Gasteiger partial charge on any atom is -0.495 e. The minimum atomic E-state index is -0.559. The van der Waals surface area contributed by atoms with Crippen molar-refractivity contribution in [1.29, 1.82) is 0 Å². The SMILES string of the molecule is COc1cc(NCc2c(F)cccc2F)ccc1Br. The van der Waals surface area contributed by atoms with Crippen molar-refractivity contribution in [3.05, 3.63) is 58.1 Å². The van der Waals surface area contributed by atoms with E-state index in [2.05, 4.69) is 21.2 Å². The molecular formula is C14H12BrF2NO. The summed E-state index contributed by atoms with van der Waals surface area (Å²) in [5, 5.41) is 2.96. The molecule has 2 nitrogen and oxygen atoms in total. The van der Waals surface area contributed by atoms with Gasteiger partial charge in [0, 0.05) is 23.9 Å². The highest BCUT2D eigenvalue weighted by molar-refractivity contribution is 9.10. The highest BCUT2D eigenvalue weighted by atomic mass is 79.9. The Morgan fingerprint density at radius 1 is 1.16 bits per heavy atom. The first-order valence-electron chi connectivity index (χ1n) is 5.62. The highest BCUT2D eigenvalue weighted by Gasteiger charge is 2.08. The van der Waals surface area contributed by atoms with Gasteiger partial charge in [-0.1, -0.05) is 6.07 Å². The molecule has 0 aliphatic carbocycles. The van der Waals surface area contributed by atoms with Crippen molar-refractivity contribution in [1.82, 2.24) is 0 Å². The Morgan fingerprint density at radius 3 is 2.47 bits per heavy atom. The van der Waals surface area contributed by atoms with E-state index in [1.54, 1.807) is 25.3 Å². The average molecular weight is 328 g/mol. The summed E-state index contributed by atoms with van der Waals surface area (Å²) >= 11 is 3.34. The van der Waals surface area contributed by atoms with Crippen LogP contribution in [0.2, 0.25) is 0 Å². The number of benzene rings is 2. The molecule has 0 amide bonds. The lowest BCUT2D eigenvalue weighted by Crippen LogP contribution is -2.04. The summed E-state index contributed by atoms with van der Waals surface area (Å²) in [5.41, 5.74) is 0.743. The Kier molecular flexibility index (Phi) is 4.37. The standard InChI is InChI=1S/C14H12BrF2NO/c1-19-14-7-9(5-6-11(14)15)18-8-10-12(16)3-2-4-13(10)17/h2-7,18H,8H2,1H3. The molecule has 0 radical (unpaired) electrons. The van der Waals surface area contributed by atoms with E-state index >= 15 is 0 Å². The predicted molar refractivity (Wildman–Crippen MR) is 74.4 cm³/mol. The summed E-state index contributed by atoms with van der Waals surface area (Å²) in [7, 11) is 1.56. The Morgan fingerprint density at radius 2 is 1.84 bits per heavy atom. The summed E-state index contributed by atoms with van der Waals surface area (Å²) in [5.74, 6) is -0.466. The van der Waals surface area contributed by atoms with Gasteiger partial charge < -0.3 is 10.1 Å². The maximum Gasteiger partial charge on any atom is 0.135 e. The fourth-order valence-corrected chi connectivity index (χ4v) is 2.07. The van der Waals surface area contributed by atoms with E-state index in [0.717, 1.165) is 10.2 Å². The van der Waals surface area contributed by atoms with Crippen LogP contribution in [0.3, 0.4) is 0 Å². The Bertz CT molecular complexity index is 569. The molecule has 0 aliphatic rings. The van der Waals surface area contributed by atoms with Gasteiger partial charge in [0.05, 0.1) is 11.6 Å². The molecule has 0 heterocycles. The molecule has 0 aromatic heterocycles. The van der Waals surface area contributed by atoms with Gasteiger partial charge in [-0.05, 0) is 40.2 Å². The van der Waals surface area contributed by atoms with Crippen LogP contribution in [0.1, 0.15) is 5.56 Å². The van der Waals surface area contributed by atoms with E-state index in [1.807, 2.05) is 0 Å². The van der Waals surface area contributed by atoms with Crippen molar-refractivity contribution in [3.63, 3.8) is 0 Å². The van der Waals surface area contributed by atoms with Crippen LogP contribution >= 0.6 is 15.9 Å². The second-order valence-electron chi connectivity index (χ2n) is 3.90. The lowest BCUT2D eigenvalue weighted by Gasteiger charge is -2.10. The molecule has 0 fully saturated rings. The lowest BCUT2D eigenvalue weighted by molar-refractivity contribution is 0.412. The number of methoxy groups -OCH3 is 1. The number of hydrogen-bond donors (Lipinski definition) is 1. The molecule has 2 aromatic carbocycles. The maximum absolute atomic E-state index is 13.5. The smallest absolute Gasteiger partial charge is 0.135 e. The zero-order valence-corrected chi connectivity index (χ0v) is 11.8. The normalized spacial score (nSPS) is 10.3. The number of hydrogen-bond acceptors (Lipinski definition) is 2. The van der Waals surface area contributed by atoms with Crippen LogP contribution in [0, 0.1) is 11.6 Å². The summed E-state index contributed by atoms with van der Waals surface area (Å²) in [6, 6.07) is 9.18. The Labute approximate surface area is 118 Å². The first kappa shape index (κ1) is 13.8. The van der Waals surface area contributed by atoms with Crippen LogP contribution in [0.15, 0.2) is 40.9 Å². The molecule has 100 valence electrons. The third-order valence-electron chi connectivity index (χ3n) is 2.68. The molecule has 0 spiro atoms. The van der Waals surface area contributed by atoms with Crippen LogP contribution in [0.4, 0.5) is 14.5 Å². The predicted octanol–water partition coefficient (Wildman–Crippen LogP) is 4.35. The topological polar surface area (TPSA) is 21.3 Å². The van der Waals surface area contributed by atoms with Gasteiger partial charge in [-0.25, -0.2) is 8.78 Å². The van der Waals surface area contributed by atoms with E-state index in [9.17, 15) is 8.78 Å². The van der Waals surface area contributed by atoms with Gasteiger partial charge in [0.15, 0.2) is 0 Å². The molecule has 0 aliphatic heterocycles. The van der Waals surface area contributed by atoms with Gasteiger partial charge in [0.25, 0.3) is 0 Å². The van der Waals surface area contributed by atoms with Crippen molar-refractivity contribution < 1.29 is 13.5 Å². The zero-order valence-electron chi connectivity index (χ0n) is 10.2. The third kappa shape index (κ3) is 3.23. The molecule has 2 rings (SSSR count). The van der Waals surface area contributed by atoms with Crippen LogP contribution in [0.25, 0.3) is 0 Å². The summed E-state index contributed by atoms with van der Waals surface area (Å²) in [4.78, 5) is 0. The first-order chi connectivity index (χ1) is 9.11. The molecule has 0 bridgehead atoms. The molecule has 0 saturated heterocycles. The molecule has 0 unspecified atom stereocenters. The Balaban J connectivity index is 2.15. The van der Waals surface area contributed by atoms with E-state index in [1.165, 1.54) is 18.2 Å². The van der Waals surface area contributed by atoms with E-state index in [-0.39, 0.29) is 12.1 Å². The van der Waals surface area contributed by atoms with Gasteiger partial charge in [-0.3, -0.25) is 0 Å². The largest absolute Gasteiger partial charge is 0.495 e. The van der Waals surface area contributed by atoms with Crippen molar-refractivity contribution in [2.24, 2.45) is 0 Å². The van der Waals surface area contributed by atoms with Gasteiger partial charge in [0.1, 0.15) is 17.4 Å². The number of anilines is 1. The quantitative estimate of drug-likeness (QED) is 0.901. The molecule has 1 N–H and O–H groups in total. The monoisotopic (exact) mass is 327 g/mol. The van der Waals surface area contributed by atoms with Gasteiger partial charge in [-0.2, -0.15) is 0 Å². The van der Waals surface area contributed by atoms with Crippen molar-refractivity contribution in [2.75, 3.05) is 12.4 Å². The number of rotatable bonds is 4. The van der Waals surface area contributed by atoms with Crippen LogP contribution < -0.4 is 10.1 Å². The number of ether oxygens (including phenoxy) is 1. The molecule has 2 aromatic rings. The first-order valence-corrected chi connectivity index (χ1v) is 6.41. The van der Waals surface area contributed by atoms with Gasteiger partial charge in [0.2, 0.25) is 0 Å². The number of halogens is 3. The molecule has 0 saturated carbocycles. The molecule has 0 atom stereocenters. The zero-order chi connectivity index (χ0) is 13.8. The van der Waals surface area contributed by atoms with Gasteiger partial charge >= 0.3 is 0 Å². The van der Waals surface area contributed by atoms with Gasteiger partial charge in [-0.15, -0.1) is 0 Å². The second kappa shape index (κ2) is 6.02. The van der Waals surface area contributed by atoms with Crippen molar-refractivity contribution in [3.8, 4) is 5.75 Å². The van der Waals surface area contributed by atoms with Crippen molar-refractivity contribution >= 4 is 21.6 Å². The fourth-order valence-electron chi connectivity index (χ4n) is 1.66. The highest BCUT2D eigenvalue weighted by Crippen LogP contribution is 2.28. The van der Waals surface area contributed by atoms with E-state index < -0.39 is 11.6 Å². The molecular weight excluding hydrogens is 316 g/mol.